The van der Waals surface area contributed by atoms with E-state index in [0.29, 0.717) is 26.4 Å². The highest BCUT2D eigenvalue weighted by molar-refractivity contribution is 5.82. The van der Waals surface area contributed by atoms with Gasteiger partial charge in [0.1, 0.15) is 24.4 Å². The van der Waals surface area contributed by atoms with Gasteiger partial charge in [-0.3, -0.25) is 0 Å². The summed E-state index contributed by atoms with van der Waals surface area (Å²) in [6, 6.07) is 44.4. The Morgan fingerprint density at radius 1 is 0.477 bits per heavy atom. The van der Waals surface area contributed by atoms with Crippen LogP contribution in [0, 0.1) is 0 Å². The fourth-order valence-corrected chi connectivity index (χ4v) is 5.52. The Bertz CT molecular complexity index is 1560. The molecule has 0 aromatic heterocycles. The number of hydrogen-bond donors (Lipinski definition) is 1. The number of benzene rings is 5. The molecule has 6 heteroatoms. The molecule has 0 spiro atoms. The molecule has 1 aliphatic rings. The third-order valence-electron chi connectivity index (χ3n) is 7.83. The molecule has 1 heterocycles. The Kier molecular flexibility index (Phi) is 10.4. The number of fused-ring (bicyclic) bond motifs is 1. The third kappa shape index (κ3) is 7.98. The molecule has 1 N–H and O–H groups in total. The van der Waals surface area contributed by atoms with E-state index in [1.165, 1.54) is 5.39 Å². The highest BCUT2D eigenvalue weighted by Gasteiger charge is 2.48. The molecule has 5 aromatic rings. The smallest absolute Gasteiger partial charge is 0.184 e. The van der Waals surface area contributed by atoms with E-state index in [-0.39, 0.29) is 6.61 Å². The number of hydrogen-bond acceptors (Lipinski definition) is 6. The lowest BCUT2D eigenvalue weighted by Crippen LogP contribution is -2.61. The van der Waals surface area contributed by atoms with Gasteiger partial charge < -0.3 is 28.8 Å². The van der Waals surface area contributed by atoms with E-state index in [4.69, 9.17) is 23.7 Å². The average molecular weight is 591 g/mol. The van der Waals surface area contributed by atoms with Crippen LogP contribution in [0.2, 0.25) is 0 Å². The third-order valence-corrected chi connectivity index (χ3v) is 7.83. The summed E-state index contributed by atoms with van der Waals surface area (Å²) in [6.07, 6.45) is -3.82. The highest BCUT2D eigenvalue weighted by Crippen LogP contribution is 2.30. The zero-order valence-electron chi connectivity index (χ0n) is 24.6. The summed E-state index contributed by atoms with van der Waals surface area (Å²) in [7, 11) is 0. The molecule has 1 aliphatic heterocycles. The Labute approximate surface area is 258 Å². The van der Waals surface area contributed by atoms with Gasteiger partial charge in [0.05, 0.1) is 33.0 Å². The highest BCUT2D eigenvalue weighted by atomic mass is 16.7. The fraction of sp³-hybridized carbons (Fsp3) is 0.263. The van der Waals surface area contributed by atoms with Gasteiger partial charge in [-0.25, -0.2) is 0 Å². The maximum Gasteiger partial charge on any atom is 0.184 e. The van der Waals surface area contributed by atoms with Crippen LogP contribution in [-0.4, -0.2) is 42.4 Å². The minimum absolute atomic E-state index is 0.215. The minimum atomic E-state index is -1.23. The van der Waals surface area contributed by atoms with E-state index in [2.05, 4.69) is 30.3 Å². The summed E-state index contributed by atoms with van der Waals surface area (Å²) < 4.78 is 31.8. The van der Waals surface area contributed by atoms with Crippen molar-refractivity contribution in [3.63, 3.8) is 0 Å². The average Bonchev–Trinajstić information content (AvgIpc) is 3.07. The van der Waals surface area contributed by atoms with Gasteiger partial charge in [0.15, 0.2) is 6.29 Å². The van der Waals surface area contributed by atoms with Crippen molar-refractivity contribution in [2.45, 2.75) is 57.1 Å². The Morgan fingerprint density at radius 2 is 0.977 bits per heavy atom. The molecule has 6 rings (SSSR count). The van der Waals surface area contributed by atoms with E-state index >= 15 is 0 Å². The van der Waals surface area contributed by atoms with Crippen LogP contribution in [0.5, 0.6) is 0 Å². The van der Waals surface area contributed by atoms with Crippen molar-refractivity contribution < 1.29 is 28.8 Å². The van der Waals surface area contributed by atoms with Gasteiger partial charge >= 0.3 is 0 Å². The molecule has 3 unspecified atom stereocenters. The molecule has 44 heavy (non-hydrogen) atoms. The van der Waals surface area contributed by atoms with Crippen LogP contribution in [0.4, 0.5) is 0 Å². The molecule has 5 atom stereocenters. The quantitative estimate of drug-likeness (QED) is 0.162. The maximum atomic E-state index is 11.3. The van der Waals surface area contributed by atoms with Crippen LogP contribution in [0.15, 0.2) is 133 Å². The molecule has 1 saturated heterocycles. The van der Waals surface area contributed by atoms with Gasteiger partial charge in [0.25, 0.3) is 0 Å². The van der Waals surface area contributed by atoms with E-state index < -0.39 is 30.7 Å². The lowest BCUT2D eigenvalue weighted by atomic mass is 9.98. The van der Waals surface area contributed by atoms with Crippen LogP contribution in [0.1, 0.15) is 22.3 Å². The van der Waals surface area contributed by atoms with E-state index in [1.807, 2.05) is 103 Å². The van der Waals surface area contributed by atoms with Crippen molar-refractivity contribution >= 4 is 10.8 Å². The minimum Gasteiger partial charge on any atom is -0.374 e. The van der Waals surface area contributed by atoms with Crippen molar-refractivity contribution in [1.82, 2.24) is 0 Å². The van der Waals surface area contributed by atoms with Crippen LogP contribution in [-0.2, 0) is 50.1 Å². The molecular formula is C38H38O6. The lowest BCUT2D eigenvalue weighted by molar-refractivity contribution is -0.317. The molecule has 5 aromatic carbocycles. The summed E-state index contributed by atoms with van der Waals surface area (Å²) in [5.74, 6) is 0. The van der Waals surface area contributed by atoms with Crippen molar-refractivity contribution in [3.05, 3.63) is 156 Å². The largest absolute Gasteiger partial charge is 0.374 e. The summed E-state index contributed by atoms with van der Waals surface area (Å²) in [5.41, 5.74) is 4.09. The molecule has 6 nitrogen and oxygen atoms in total. The molecule has 0 saturated carbocycles. The van der Waals surface area contributed by atoms with Crippen LogP contribution >= 0.6 is 0 Å². The van der Waals surface area contributed by atoms with E-state index in [0.717, 1.165) is 27.6 Å². The number of aliphatic hydroxyl groups excluding tert-OH is 1. The Morgan fingerprint density at radius 3 is 1.61 bits per heavy atom. The monoisotopic (exact) mass is 590 g/mol. The Balaban J connectivity index is 1.25. The van der Waals surface area contributed by atoms with Gasteiger partial charge in [0, 0.05) is 0 Å². The fourth-order valence-electron chi connectivity index (χ4n) is 5.52. The van der Waals surface area contributed by atoms with Crippen molar-refractivity contribution in [2.75, 3.05) is 6.61 Å². The zero-order chi connectivity index (χ0) is 30.0. The van der Waals surface area contributed by atoms with Gasteiger partial charge in [-0.15, -0.1) is 0 Å². The number of aliphatic hydroxyl groups is 1. The van der Waals surface area contributed by atoms with E-state index in [1.54, 1.807) is 0 Å². The molecule has 0 aliphatic carbocycles. The van der Waals surface area contributed by atoms with E-state index in [9.17, 15) is 5.11 Å². The summed E-state index contributed by atoms with van der Waals surface area (Å²) in [6.45, 7) is 1.59. The summed E-state index contributed by atoms with van der Waals surface area (Å²) in [4.78, 5) is 0. The first-order valence-corrected chi connectivity index (χ1v) is 15.1. The number of rotatable bonds is 13. The first-order chi connectivity index (χ1) is 21.7. The van der Waals surface area contributed by atoms with Gasteiger partial charge in [-0.1, -0.05) is 127 Å². The number of ether oxygens (including phenoxy) is 5. The topological polar surface area (TPSA) is 66.4 Å². The second-order valence-electron chi connectivity index (χ2n) is 11.0. The first kappa shape index (κ1) is 30.2. The molecular weight excluding hydrogens is 552 g/mol. The van der Waals surface area contributed by atoms with Crippen molar-refractivity contribution in [2.24, 2.45) is 0 Å². The molecule has 0 amide bonds. The van der Waals surface area contributed by atoms with Crippen molar-refractivity contribution in [1.29, 1.82) is 0 Å². The predicted molar refractivity (Wildman–Crippen MR) is 170 cm³/mol. The molecule has 1 fully saturated rings. The maximum absolute atomic E-state index is 11.3. The predicted octanol–water partition coefficient (Wildman–Crippen LogP) is 6.83. The normalized spacial score (nSPS) is 21.8. The van der Waals surface area contributed by atoms with Crippen LogP contribution in [0.3, 0.4) is 0 Å². The molecule has 0 radical (unpaired) electrons. The SMILES string of the molecule is O[C@H]1OC(COCc2ccccc2)[C@H](OCc2ccccc2)C(OCc2ccc3ccccc3c2)C1OCc1ccccc1. The summed E-state index contributed by atoms with van der Waals surface area (Å²) in [5, 5.41) is 13.6. The zero-order valence-corrected chi connectivity index (χ0v) is 24.6. The first-order valence-electron chi connectivity index (χ1n) is 15.1. The van der Waals surface area contributed by atoms with Crippen LogP contribution in [0.25, 0.3) is 10.8 Å². The van der Waals surface area contributed by atoms with Gasteiger partial charge in [0.2, 0.25) is 0 Å². The lowest BCUT2D eigenvalue weighted by Gasteiger charge is -2.44. The molecule has 226 valence electrons. The van der Waals surface area contributed by atoms with Crippen LogP contribution < -0.4 is 0 Å². The summed E-state index contributed by atoms with van der Waals surface area (Å²) >= 11 is 0. The van der Waals surface area contributed by atoms with Gasteiger partial charge in [-0.2, -0.15) is 0 Å². The molecule has 0 bridgehead atoms. The van der Waals surface area contributed by atoms with Gasteiger partial charge in [-0.05, 0) is 39.1 Å². The standard InChI is InChI=1S/C38H38O6/c39-38-37(43-25-30-16-8-3-9-17-30)36(42-26-31-20-21-32-18-10-11-19-33(32)22-31)35(41-24-29-14-6-2-7-15-29)34(44-38)27-40-23-28-12-4-1-5-13-28/h1-22,34-39H,23-27H2/t34?,35-,36?,37?,38-/m0/s1. The Hall–Kier alpha value is -3.88. The second-order valence-corrected chi connectivity index (χ2v) is 11.0. The van der Waals surface area contributed by atoms with Crippen molar-refractivity contribution in [3.8, 4) is 0 Å². The second kappa shape index (κ2) is 15.2.